The smallest absolute Gasteiger partial charge is 0.276 e. The fourth-order valence-corrected chi connectivity index (χ4v) is 2.65. The molecular formula is C19H15N7O4. The highest BCUT2D eigenvalue weighted by molar-refractivity contribution is 6.03. The molecule has 0 radical (unpaired) electrons. The van der Waals surface area contributed by atoms with Gasteiger partial charge in [-0.15, -0.1) is 0 Å². The summed E-state index contributed by atoms with van der Waals surface area (Å²) >= 11 is 0. The number of nitrogens with one attached hydrogen (secondary N) is 1. The number of aromatic nitrogens is 5. The van der Waals surface area contributed by atoms with E-state index in [1.54, 1.807) is 58.4 Å². The number of ether oxygens (including phenoxy) is 1. The summed E-state index contributed by atoms with van der Waals surface area (Å²) in [6.07, 6.45) is 8.11. The van der Waals surface area contributed by atoms with Gasteiger partial charge in [0.25, 0.3) is 11.6 Å². The van der Waals surface area contributed by atoms with Gasteiger partial charge in [0, 0.05) is 36.9 Å². The summed E-state index contributed by atoms with van der Waals surface area (Å²) in [6, 6.07) is 10.7. The van der Waals surface area contributed by atoms with E-state index in [0.29, 0.717) is 12.4 Å². The Hall–Kier alpha value is -4.54. The predicted octanol–water partition coefficient (Wildman–Crippen LogP) is 2.93. The second-order valence-corrected chi connectivity index (χ2v) is 6.15. The number of hydrogen-bond acceptors (Lipinski definition) is 7. The monoisotopic (exact) mass is 405 g/mol. The van der Waals surface area contributed by atoms with Gasteiger partial charge < -0.3 is 10.1 Å². The lowest BCUT2D eigenvalue weighted by atomic mass is 10.2. The lowest BCUT2D eigenvalue weighted by Gasteiger charge is -2.08. The maximum atomic E-state index is 12.6. The van der Waals surface area contributed by atoms with Crippen LogP contribution in [0.15, 0.2) is 73.4 Å². The second kappa shape index (κ2) is 8.22. The van der Waals surface area contributed by atoms with Crippen molar-refractivity contribution in [2.24, 2.45) is 0 Å². The zero-order chi connectivity index (χ0) is 20.9. The summed E-state index contributed by atoms with van der Waals surface area (Å²) in [7, 11) is 0. The minimum Gasteiger partial charge on any atom is -0.455 e. The minimum absolute atomic E-state index is 0.156. The number of hydrogen-bond donors (Lipinski definition) is 1. The maximum Gasteiger partial charge on any atom is 0.276 e. The van der Waals surface area contributed by atoms with Crippen molar-refractivity contribution in [3.63, 3.8) is 0 Å². The third-order valence-electron chi connectivity index (χ3n) is 3.95. The van der Waals surface area contributed by atoms with Gasteiger partial charge in [0.1, 0.15) is 18.2 Å². The van der Waals surface area contributed by atoms with Gasteiger partial charge in [-0.2, -0.15) is 10.2 Å². The molecule has 0 atom stereocenters. The third-order valence-corrected chi connectivity index (χ3v) is 3.95. The maximum absolute atomic E-state index is 12.6. The zero-order valence-corrected chi connectivity index (χ0v) is 15.5. The van der Waals surface area contributed by atoms with Crippen molar-refractivity contribution >= 4 is 17.3 Å². The van der Waals surface area contributed by atoms with E-state index >= 15 is 0 Å². The molecule has 0 aliphatic rings. The number of anilines is 1. The highest BCUT2D eigenvalue weighted by Gasteiger charge is 2.15. The van der Waals surface area contributed by atoms with Crippen molar-refractivity contribution in [2.45, 2.75) is 6.67 Å². The number of amides is 1. The lowest BCUT2D eigenvalue weighted by Crippen LogP contribution is -2.15. The number of nitrogens with zero attached hydrogens (tertiary/aromatic N) is 6. The zero-order valence-electron chi connectivity index (χ0n) is 15.5. The molecule has 0 aliphatic carbocycles. The van der Waals surface area contributed by atoms with Crippen LogP contribution in [-0.4, -0.2) is 35.4 Å². The van der Waals surface area contributed by atoms with Crippen LogP contribution >= 0.6 is 0 Å². The Morgan fingerprint density at radius 3 is 2.73 bits per heavy atom. The molecule has 11 nitrogen and oxygen atoms in total. The molecule has 3 heterocycles. The topological polar surface area (TPSA) is 130 Å². The number of nitro benzene ring substituents is 1. The molecule has 150 valence electrons. The van der Waals surface area contributed by atoms with E-state index in [4.69, 9.17) is 4.74 Å². The van der Waals surface area contributed by atoms with Crippen LogP contribution in [0.1, 0.15) is 10.5 Å². The number of carbonyl (C=O) groups is 1. The highest BCUT2D eigenvalue weighted by atomic mass is 16.6. The molecule has 0 spiro atoms. The molecule has 1 aromatic carbocycles. The molecule has 0 aliphatic heterocycles. The summed E-state index contributed by atoms with van der Waals surface area (Å²) in [5.74, 6) is 0.0893. The van der Waals surface area contributed by atoms with Crippen LogP contribution < -0.4 is 10.1 Å². The third kappa shape index (κ3) is 4.47. The SMILES string of the molecule is O=C(Nc1cc(Oc2cccnc2)cc([N+](=O)[O-])c1)c1ccn(Cn2cccn2)n1. The quantitative estimate of drug-likeness (QED) is 0.369. The van der Waals surface area contributed by atoms with Crippen molar-refractivity contribution in [3.05, 3.63) is 89.3 Å². The van der Waals surface area contributed by atoms with Crippen LogP contribution in [0.3, 0.4) is 0 Å². The number of carbonyl (C=O) groups excluding carboxylic acids is 1. The van der Waals surface area contributed by atoms with E-state index in [1.165, 1.54) is 24.4 Å². The Morgan fingerprint density at radius 1 is 1.10 bits per heavy atom. The van der Waals surface area contributed by atoms with Crippen molar-refractivity contribution in [1.82, 2.24) is 24.5 Å². The van der Waals surface area contributed by atoms with Gasteiger partial charge >= 0.3 is 0 Å². The molecule has 1 N–H and O–H groups in total. The Morgan fingerprint density at radius 2 is 2.00 bits per heavy atom. The fourth-order valence-electron chi connectivity index (χ4n) is 2.65. The average Bonchev–Trinajstić information content (AvgIpc) is 3.41. The Kier molecular flexibility index (Phi) is 5.16. The average molecular weight is 405 g/mol. The van der Waals surface area contributed by atoms with Crippen LogP contribution in [0.25, 0.3) is 0 Å². The van der Waals surface area contributed by atoms with Gasteiger partial charge in [0.15, 0.2) is 5.69 Å². The number of benzene rings is 1. The molecule has 3 aromatic heterocycles. The largest absolute Gasteiger partial charge is 0.455 e. The lowest BCUT2D eigenvalue weighted by molar-refractivity contribution is -0.384. The van der Waals surface area contributed by atoms with Crippen LogP contribution in [0.5, 0.6) is 11.5 Å². The van der Waals surface area contributed by atoms with Gasteiger partial charge in [-0.3, -0.25) is 29.3 Å². The van der Waals surface area contributed by atoms with Gasteiger partial charge in [-0.25, -0.2) is 0 Å². The van der Waals surface area contributed by atoms with Crippen molar-refractivity contribution in [2.75, 3.05) is 5.32 Å². The highest BCUT2D eigenvalue weighted by Crippen LogP contribution is 2.29. The summed E-state index contributed by atoms with van der Waals surface area (Å²) < 4.78 is 8.81. The van der Waals surface area contributed by atoms with Crippen LogP contribution in [0.2, 0.25) is 0 Å². The molecule has 0 bridgehead atoms. The van der Waals surface area contributed by atoms with Crippen molar-refractivity contribution in [1.29, 1.82) is 0 Å². The van der Waals surface area contributed by atoms with Crippen LogP contribution in [0.4, 0.5) is 11.4 Å². The number of non-ortho nitro benzene ring substituents is 1. The first-order chi connectivity index (χ1) is 14.6. The van der Waals surface area contributed by atoms with E-state index in [2.05, 4.69) is 20.5 Å². The normalized spacial score (nSPS) is 10.5. The molecular weight excluding hydrogens is 390 g/mol. The Bertz CT molecular complexity index is 1170. The molecule has 0 saturated heterocycles. The van der Waals surface area contributed by atoms with Gasteiger partial charge in [0.2, 0.25) is 0 Å². The molecule has 4 aromatic rings. The number of pyridine rings is 1. The van der Waals surface area contributed by atoms with E-state index in [1.807, 2.05) is 0 Å². The first kappa shape index (κ1) is 18.8. The molecule has 0 fully saturated rings. The van der Waals surface area contributed by atoms with Crippen molar-refractivity contribution in [3.8, 4) is 11.5 Å². The Labute approximate surface area is 169 Å². The molecule has 0 unspecified atom stereocenters. The standard InChI is InChI=1S/C19H15N7O4/c27-19(18-4-8-25(23-18)13-24-7-2-6-21-24)22-14-9-15(26(28)29)11-17(10-14)30-16-3-1-5-20-12-16/h1-12H,13H2,(H,22,27). The Balaban J connectivity index is 1.52. The summed E-state index contributed by atoms with van der Waals surface area (Å²) in [4.78, 5) is 27.2. The minimum atomic E-state index is -0.565. The second-order valence-electron chi connectivity index (χ2n) is 6.15. The summed E-state index contributed by atoms with van der Waals surface area (Å²) in [5.41, 5.74) is 0.133. The molecule has 0 saturated carbocycles. The van der Waals surface area contributed by atoms with E-state index in [-0.39, 0.29) is 22.8 Å². The molecule has 30 heavy (non-hydrogen) atoms. The van der Waals surface area contributed by atoms with Gasteiger partial charge in [-0.05, 0) is 24.3 Å². The fraction of sp³-hybridized carbons (Fsp3) is 0.0526. The summed E-state index contributed by atoms with van der Waals surface area (Å²) in [5, 5.41) is 22.2. The van der Waals surface area contributed by atoms with E-state index in [9.17, 15) is 14.9 Å². The van der Waals surface area contributed by atoms with Crippen molar-refractivity contribution < 1.29 is 14.5 Å². The number of nitro groups is 1. The van der Waals surface area contributed by atoms with Crippen LogP contribution in [-0.2, 0) is 6.67 Å². The molecule has 1 amide bonds. The first-order valence-electron chi connectivity index (χ1n) is 8.76. The van der Waals surface area contributed by atoms with E-state index in [0.717, 1.165) is 0 Å². The summed E-state index contributed by atoms with van der Waals surface area (Å²) in [6.45, 7) is 0.347. The van der Waals surface area contributed by atoms with Crippen LogP contribution in [0, 0.1) is 10.1 Å². The molecule has 11 heteroatoms. The first-order valence-corrected chi connectivity index (χ1v) is 8.76. The predicted molar refractivity (Wildman–Crippen MR) is 105 cm³/mol. The number of rotatable bonds is 7. The van der Waals surface area contributed by atoms with Gasteiger partial charge in [0.05, 0.1) is 22.9 Å². The van der Waals surface area contributed by atoms with Gasteiger partial charge in [-0.1, -0.05) is 0 Å². The van der Waals surface area contributed by atoms with E-state index < -0.39 is 10.8 Å². The molecule has 4 rings (SSSR count).